The Morgan fingerprint density at radius 2 is 2.35 bits per heavy atom. The normalized spacial score (nSPS) is 25.9. The fraction of sp³-hybridized carbons (Fsp3) is 0.632. The summed E-state index contributed by atoms with van der Waals surface area (Å²) in [5, 5.41) is 13.4. The third-order valence-electron chi connectivity index (χ3n) is 5.95. The first-order valence-electron chi connectivity index (χ1n) is 9.28. The van der Waals surface area contributed by atoms with Gasteiger partial charge in [-0.25, -0.2) is 4.79 Å². The number of hydrogen-bond acceptors (Lipinski definition) is 6. The predicted molar refractivity (Wildman–Crippen MR) is 98.7 cm³/mol. The molecule has 140 valence electrons. The van der Waals surface area contributed by atoms with Crippen molar-refractivity contribution in [1.82, 2.24) is 15.0 Å². The average molecular weight is 375 g/mol. The molecule has 3 heterocycles. The second-order valence-electron chi connectivity index (χ2n) is 8.02. The van der Waals surface area contributed by atoms with Gasteiger partial charge in [0.1, 0.15) is 4.88 Å². The van der Waals surface area contributed by atoms with Crippen LogP contribution in [0.2, 0.25) is 0 Å². The molecule has 0 radical (unpaired) electrons. The van der Waals surface area contributed by atoms with Crippen LogP contribution in [0.25, 0.3) is 0 Å². The Labute approximate surface area is 157 Å². The Hall–Kier alpha value is -1.73. The number of aromatic nitrogens is 2. The third kappa shape index (κ3) is 2.87. The molecule has 1 saturated carbocycles. The van der Waals surface area contributed by atoms with Crippen molar-refractivity contribution in [1.29, 1.82) is 0 Å². The van der Waals surface area contributed by atoms with Crippen molar-refractivity contribution in [2.24, 2.45) is 5.92 Å². The van der Waals surface area contributed by atoms with E-state index in [9.17, 15) is 9.90 Å². The van der Waals surface area contributed by atoms with Crippen molar-refractivity contribution < 1.29 is 14.4 Å². The first-order valence-corrected chi connectivity index (χ1v) is 10.1. The first-order chi connectivity index (χ1) is 12.4. The fourth-order valence-corrected chi connectivity index (χ4v) is 5.43. The maximum Gasteiger partial charge on any atom is 0.345 e. The molecule has 0 amide bonds. The second-order valence-corrected chi connectivity index (χ2v) is 9.28. The van der Waals surface area contributed by atoms with Crippen LogP contribution in [0.5, 0.6) is 0 Å². The molecule has 1 N–H and O–H groups in total. The molecule has 2 aromatic heterocycles. The van der Waals surface area contributed by atoms with Gasteiger partial charge in [0.15, 0.2) is 5.82 Å². The molecule has 26 heavy (non-hydrogen) atoms. The molecule has 7 heteroatoms. The van der Waals surface area contributed by atoms with E-state index < -0.39 is 5.97 Å². The van der Waals surface area contributed by atoms with Crippen LogP contribution in [0.15, 0.2) is 10.6 Å². The molecule has 6 nitrogen and oxygen atoms in total. The smallest absolute Gasteiger partial charge is 0.345 e. The Balaban J connectivity index is 1.56. The third-order valence-corrected chi connectivity index (χ3v) is 7.03. The van der Waals surface area contributed by atoms with E-state index in [1.807, 2.05) is 13.0 Å². The van der Waals surface area contributed by atoms with Crippen LogP contribution in [-0.4, -0.2) is 39.2 Å². The van der Waals surface area contributed by atoms with Gasteiger partial charge in [-0.05, 0) is 37.3 Å². The Morgan fingerprint density at radius 1 is 1.54 bits per heavy atom. The van der Waals surface area contributed by atoms with E-state index in [1.54, 1.807) is 0 Å². The van der Waals surface area contributed by atoms with Crippen molar-refractivity contribution in [3.05, 3.63) is 33.1 Å². The summed E-state index contributed by atoms with van der Waals surface area (Å²) in [6.45, 7) is 8.88. The van der Waals surface area contributed by atoms with Gasteiger partial charge in [-0.1, -0.05) is 25.4 Å². The summed E-state index contributed by atoms with van der Waals surface area (Å²) in [5.41, 5.74) is 1.09. The number of carbonyl (C=O) groups is 1. The zero-order chi connectivity index (χ0) is 18.5. The summed E-state index contributed by atoms with van der Waals surface area (Å²) in [6, 6.07) is 1.83. The van der Waals surface area contributed by atoms with E-state index in [-0.39, 0.29) is 11.3 Å². The predicted octanol–water partition coefficient (Wildman–Crippen LogP) is 3.81. The molecule has 4 rings (SSSR count). The zero-order valence-corrected chi connectivity index (χ0v) is 16.3. The lowest BCUT2D eigenvalue weighted by molar-refractivity contribution is 0.0702. The van der Waals surface area contributed by atoms with Crippen LogP contribution >= 0.6 is 11.3 Å². The number of hydrogen-bond donors (Lipinski definition) is 1. The zero-order valence-electron chi connectivity index (χ0n) is 15.5. The largest absolute Gasteiger partial charge is 0.477 e. The van der Waals surface area contributed by atoms with Crippen molar-refractivity contribution in [3.63, 3.8) is 0 Å². The highest BCUT2D eigenvalue weighted by Crippen LogP contribution is 2.50. The number of fused-ring (bicyclic) bond motifs is 1. The van der Waals surface area contributed by atoms with Gasteiger partial charge in [-0.2, -0.15) is 4.98 Å². The van der Waals surface area contributed by atoms with Crippen molar-refractivity contribution in [2.75, 3.05) is 13.1 Å². The van der Waals surface area contributed by atoms with Gasteiger partial charge < -0.3 is 9.63 Å². The Bertz CT molecular complexity index is 828. The molecule has 0 bridgehead atoms. The lowest BCUT2D eigenvalue weighted by Crippen LogP contribution is -2.32. The summed E-state index contributed by atoms with van der Waals surface area (Å²) in [4.78, 5) is 19.9. The lowest BCUT2D eigenvalue weighted by atomic mass is 9.80. The van der Waals surface area contributed by atoms with Crippen LogP contribution in [0.3, 0.4) is 0 Å². The minimum atomic E-state index is -0.841. The van der Waals surface area contributed by atoms with Gasteiger partial charge in [0.05, 0.1) is 5.41 Å². The topological polar surface area (TPSA) is 79.5 Å². The number of aryl methyl sites for hydroxylation is 1. The van der Waals surface area contributed by atoms with Crippen molar-refractivity contribution in [3.8, 4) is 0 Å². The summed E-state index contributed by atoms with van der Waals surface area (Å²) in [7, 11) is 0. The van der Waals surface area contributed by atoms with E-state index in [1.165, 1.54) is 24.2 Å². The number of rotatable bonds is 5. The maximum absolute atomic E-state index is 11.2. The number of aromatic carboxylic acids is 1. The van der Waals surface area contributed by atoms with Crippen LogP contribution < -0.4 is 0 Å². The van der Waals surface area contributed by atoms with Crippen LogP contribution in [-0.2, 0) is 12.0 Å². The van der Waals surface area contributed by atoms with Crippen LogP contribution in [0.1, 0.15) is 70.9 Å². The van der Waals surface area contributed by atoms with Gasteiger partial charge in [-0.3, -0.25) is 4.90 Å². The van der Waals surface area contributed by atoms with Crippen LogP contribution in [0, 0.1) is 12.8 Å². The van der Waals surface area contributed by atoms with Crippen LogP contribution in [0.4, 0.5) is 0 Å². The summed E-state index contributed by atoms with van der Waals surface area (Å²) in [6.07, 6.45) is 3.49. The van der Waals surface area contributed by atoms with E-state index in [0.717, 1.165) is 48.2 Å². The highest BCUT2D eigenvalue weighted by atomic mass is 32.1. The van der Waals surface area contributed by atoms with E-state index >= 15 is 0 Å². The Kier molecular flexibility index (Phi) is 4.39. The summed E-state index contributed by atoms with van der Waals surface area (Å²) < 4.78 is 5.71. The SMILES string of the molecule is Cc1sc(C(=O)O)cc1CN1C[C@@H]2CCC[C@]2(c2nc(C(C)C)no2)C1. The monoisotopic (exact) mass is 375 g/mol. The molecular weight excluding hydrogens is 350 g/mol. The molecule has 1 aliphatic carbocycles. The fourth-order valence-electron chi connectivity index (χ4n) is 4.56. The number of thiophene rings is 1. The molecule has 1 saturated heterocycles. The molecule has 2 aromatic rings. The first kappa shape index (κ1) is 17.7. The van der Waals surface area contributed by atoms with Crippen molar-refractivity contribution >= 4 is 17.3 Å². The average Bonchev–Trinajstić information content (AvgIpc) is 3.30. The Morgan fingerprint density at radius 3 is 3.00 bits per heavy atom. The van der Waals surface area contributed by atoms with Gasteiger partial charge in [0.2, 0.25) is 5.89 Å². The maximum atomic E-state index is 11.2. The highest BCUT2D eigenvalue weighted by molar-refractivity contribution is 7.14. The molecule has 2 atom stereocenters. The van der Waals surface area contributed by atoms with Gasteiger partial charge in [0, 0.05) is 30.4 Å². The quantitative estimate of drug-likeness (QED) is 0.856. The molecule has 0 unspecified atom stereocenters. The highest BCUT2D eigenvalue weighted by Gasteiger charge is 2.54. The number of carboxylic acids is 1. The minimum absolute atomic E-state index is 0.0281. The molecule has 0 spiro atoms. The molecule has 1 aliphatic heterocycles. The molecule has 2 aliphatic rings. The number of likely N-dealkylation sites (tertiary alicyclic amines) is 1. The molecular formula is C19H25N3O3S. The molecule has 0 aromatic carbocycles. The van der Waals surface area contributed by atoms with E-state index in [0.29, 0.717) is 10.8 Å². The summed E-state index contributed by atoms with van der Waals surface area (Å²) >= 11 is 1.36. The standard InChI is InChI=1S/C19H25N3O3S/c1-11(2)16-20-18(25-21-16)19-6-4-5-14(19)9-22(10-19)8-13-7-15(17(23)24)26-12(13)3/h7,11,14H,4-6,8-10H2,1-3H3,(H,23,24)/t14-,19-/m0/s1. The second kappa shape index (κ2) is 6.46. The summed E-state index contributed by atoms with van der Waals surface area (Å²) in [5.74, 6) is 1.56. The van der Waals surface area contributed by atoms with Gasteiger partial charge in [0.25, 0.3) is 0 Å². The minimum Gasteiger partial charge on any atom is -0.477 e. The van der Waals surface area contributed by atoms with Gasteiger partial charge in [-0.15, -0.1) is 11.3 Å². The molecule has 2 fully saturated rings. The van der Waals surface area contributed by atoms with E-state index in [4.69, 9.17) is 9.51 Å². The van der Waals surface area contributed by atoms with Gasteiger partial charge >= 0.3 is 5.97 Å². The number of nitrogens with zero attached hydrogens (tertiary/aromatic N) is 3. The number of carboxylic acid groups (broad SMARTS) is 1. The lowest BCUT2D eigenvalue weighted by Gasteiger charge is -2.24. The van der Waals surface area contributed by atoms with E-state index in [2.05, 4.69) is 23.9 Å². The van der Waals surface area contributed by atoms with Crippen molar-refractivity contribution in [2.45, 2.75) is 57.9 Å².